The Kier molecular flexibility index (Phi) is 5.75. The third kappa shape index (κ3) is 3.98. The minimum absolute atomic E-state index is 0.0624. The fourth-order valence-electron chi connectivity index (χ4n) is 3.36. The lowest BCUT2D eigenvalue weighted by Crippen LogP contribution is -2.33. The molecule has 7 heteroatoms. The Morgan fingerprint density at radius 3 is 2.81 bits per heavy atom. The molecule has 1 aliphatic rings. The highest BCUT2D eigenvalue weighted by atomic mass is 35.5. The van der Waals surface area contributed by atoms with E-state index < -0.39 is 10.0 Å². The monoisotopic (exact) mass is 394 g/mol. The third-order valence-corrected chi connectivity index (χ3v) is 6.35. The average molecular weight is 395 g/mol. The van der Waals surface area contributed by atoms with E-state index in [0.29, 0.717) is 24.0 Å². The topological polar surface area (TPSA) is 58.6 Å². The number of anilines is 1. The van der Waals surface area contributed by atoms with Gasteiger partial charge in [0.25, 0.3) is 0 Å². The first-order valence-corrected chi connectivity index (χ1v) is 10.5. The zero-order chi connectivity index (χ0) is 18.7. The summed E-state index contributed by atoms with van der Waals surface area (Å²) in [5.74, 6) is 0.281. The van der Waals surface area contributed by atoms with E-state index in [1.54, 1.807) is 12.1 Å². The van der Waals surface area contributed by atoms with Crippen LogP contribution >= 0.6 is 11.6 Å². The maximum Gasteiger partial charge on any atom is 0.244 e. The quantitative estimate of drug-likeness (QED) is 0.730. The SMILES string of the molecule is COc1ccc(Cl)cc1S(=O)(=O)NCCCN1c2ccccc2C[C@@H]1C. The van der Waals surface area contributed by atoms with Crippen molar-refractivity contribution in [2.75, 3.05) is 25.1 Å². The highest BCUT2D eigenvalue weighted by Gasteiger charge is 2.25. The number of methoxy groups -OCH3 is 1. The molecule has 0 unspecified atom stereocenters. The predicted octanol–water partition coefficient (Wildman–Crippen LogP) is 3.47. The number of sulfonamides is 1. The minimum Gasteiger partial charge on any atom is -0.495 e. The molecule has 2 aromatic carbocycles. The van der Waals surface area contributed by atoms with E-state index in [-0.39, 0.29) is 10.6 Å². The van der Waals surface area contributed by atoms with Crippen LogP contribution in [0, 0.1) is 0 Å². The van der Waals surface area contributed by atoms with Gasteiger partial charge in [-0.25, -0.2) is 13.1 Å². The van der Waals surface area contributed by atoms with Crippen LogP contribution in [0.15, 0.2) is 47.4 Å². The van der Waals surface area contributed by atoms with Crippen LogP contribution in [-0.2, 0) is 16.4 Å². The molecule has 1 atom stereocenters. The number of fused-ring (bicyclic) bond motifs is 1. The maximum atomic E-state index is 12.6. The van der Waals surface area contributed by atoms with Gasteiger partial charge in [-0.2, -0.15) is 0 Å². The molecule has 0 fully saturated rings. The molecule has 1 N–H and O–H groups in total. The highest BCUT2D eigenvalue weighted by Crippen LogP contribution is 2.31. The molecule has 0 bridgehead atoms. The van der Waals surface area contributed by atoms with Crippen molar-refractivity contribution in [3.05, 3.63) is 53.1 Å². The van der Waals surface area contributed by atoms with Crippen LogP contribution in [0.3, 0.4) is 0 Å². The molecule has 26 heavy (non-hydrogen) atoms. The summed E-state index contributed by atoms with van der Waals surface area (Å²) in [6.07, 6.45) is 1.74. The standard InChI is InChI=1S/C19H23ClN2O3S/c1-14-12-15-6-3-4-7-17(15)22(14)11-5-10-21-26(23,24)19-13-16(20)8-9-18(19)25-2/h3-4,6-9,13-14,21H,5,10-12H2,1-2H3/t14-/m0/s1. The van der Waals surface area contributed by atoms with Gasteiger partial charge in [0.2, 0.25) is 10.0 Å². The lowest BCUT2D eigenvalue weighted by atomic mass is 10.1. The number of nitrogens with one attached hydrogen (secondary N) is 1. The molecule has 0 amide bonds. The van der Waals surface area contributed by atoms with E-state index in [4.69, 9.17) is 16.3 Å². The van der Waals surface area contributed by atoms with Crippen molar-refractivity contribution in [2.24, 2.45) is 0 Å². The predicted molar refractivity (Wildman–Crippen MR) is 105 cm³/mol. The van der Waals surface area contributed by atoms with Gasteiger partial charge in [-0.1, -0.05) is 29.8 Å². The molecule has 2 aromatic rings. The Morgan fingerprint density at radius 1 is 1.27 bits per heavy atom. The van der Waals surface area contributed by atoms with Crippen molar-refractivity contribution in [3.63, 3.8) is 0 Å². The second kappa shape index (κ2) is 7.86. The Hall–Kier alpha value is -1.76. The summed E-state index contributed by atoms with van der Waals surface area (Å²) in [7, 11) is -2.23. The molecule has 1 heterocycles. The zero-order valence-corrected chi connectivity index (χ0v) is 16.5. The number of para-hydroxylation sites is 1. The fourth-order valence-corrected chi connectivity index (χ4v) is 4.87. The molecule has 3 rings (SSSR count). The number of nitrogens with zero attached hydrogens (tertiary/aromatic N) is 1. The molecule has 0 spiro atoms. The van der Waals surface area contributed by atoms with Crippen LogP contribution < -0.4 is 14.4 Å². The molecule has 0 saturated carbocycles. The second-order valence-corrected chi connectivity index (χ2v) is 8.59. The van der Waals surface area contributed by atoms with Crippen molar-refractivity contribution in [1.82, 2.24) is 4.72 Å². The fraction of sp³-hybridized carbons (Fsp3) is 0.368. The van der Waals surface area contributed by atoms with Gasteiger partial charge in [0, 0.05) is 29.8 Å². The van der Waals surface area contributed by atoms with E-state index in [1.807, 2.05) is 6.07 Å². The molecule has 0 saturated heterocycles. The lowest BCUT2D eigenvalue weighted by molar-refractivity contribution is 0.402. The van der Waals surface area contributed by atoms with Crippen molar-refractivity contribution < 1.29 is 13.2 Å². The van der Waals surface area contributed by atoms with E-state index in [2.05, 4.69) is 34.7 Å². The number of hydrogen-bond acceptors (Lipinski definition) is 4. The highest BCUT2D eigenvalue weighted by molar-refractivity contribution is 7.89. The van der Waals surface area contributed by atoms with E-state index in [1.165, 1.54) is 24.4 Å². The summed E-state index contributed by atoms with van der Waals surface area (Å²) in [6.45, 7) is 3.35. The number of hydrogen-bond donors (Lipinski definition) is 1. The average Bonchev–Trinajstić information content (AvgIpc) is 2.94. The van der Waals surface area contributed by atoms with E-state index >= 15 is 0 Å². The summed E-state index contributed by atoms with van der Waals surface area (Å²) in [5, 5.41) is 0.355. The van der Waals surface area contributed by atoms with Gasteiger partial charge in [0.15, 0.2) is 0 Å². The van der Waals surface area contributed by atoms with Crippen LogP contribution in [0.2, 0.25) is 5.02 Å². The summed E-state index contributed by atoms with van der Waals surface area (Å²) in [5.41, 5.74) is 2.60. The van der Waals surface area contributed by atoms with Crippen LogP contribution in [0.4, 0.5) is 5.69 Å². The van der Waals surface area contributed by atoms with E-state index in [9.17, 15) is 8.42 Å². The van der Waals surface area contributed by atoms with Gasteiger partial charge >= 0.3 is 0 Å². The van der Waals surface area contributed by atoms with Gasteiger partial charge in [-0.05, 0) is 49.6 Å². The third-order valence-electron chi connectivity index (χ3n) is 4.63. The van der Waals surface area contributed by atoms with Crippen molar-refractivity contribution in [2.45, 2.75) is 30.7 Å². The summed E-state index contributed by atoms with van der Waals surface area (Å²) >= 11 is 5.94. The second-order valence-electron chi connectivity index (χ2n) is 6.42. The molecular formula is C19H23ClN2O3S. The maximum absolute atomic E-state index is 12.6. The lowest BCUT2D eigenvalue weighted by Gasteiger charge is -2.25. The molecule has 0 aliphatic carbocycles. The minimum atomic E-state index is -3.67. The summed E-state index contributed by atoms with van der Waals surface area (Å²) in [6, 6.07) is 13.4. The Labute approximate surface area is 160 Å². The molecule has 0 radical (unpaired) electrons. The van der Waals surface area contributed by atoms with E-state index in [0.717, 1.165) is 13.0 Å². The molecular weight excluding hydrogens is 372 g/mol. The smallest absolute Gasteiger partial charge is 0.244 e. The first-order valence-electron chi connectivity index (χ1n) is 8.60. The van der Waals surface area contributed by atoms with Gasteiger partial charge in [-0.15, -0.1) is 0 Å². The van der Waals surface area contributed by atoms with Gasteiger partial charge in [0.05, 0.1) is 7.11 Å². The molecule has 0 aromatic heterocycles. The van der Waals surface area contributed by atoms with Crippen LogP contribution in [-0.4, -0.2) is 34.7 Å². The first kappa shape index (κ1) is 19.0. The number of ether oxygens (including phenoxy) is 1. The Balaban J connectivity index is 1.61. The van der Waals surface area contributed by atoms with Crippen LogP contribution in [0.1, 0.15) is 18.9 Å². The van der Waals surface area contributed by atoms with Gasteiger partial charge in [-0.3, -0.25) is 0 Å². The van der Waals surface area contributed by atoms with Gasteiger partial charge < -0.3 is 9.64 Å². The Morgan fingerprint density at radius 2 is 2.04 bits per heavy atom. The molecule has 140 valence electrons. The van der Waals surface area contributed by atoms with Gasteiger partial charge in [0.1, 0.15) is 10.6 Å². The van der Waals surface area contributed by atoms with Crippen molar-refractivity contribution in [3.8, 4) is 5.75 Å². The summed E-state index contributed by atoms with van der Waals surface area (Å²) < 4.78 is 32.9. The summed E-state index contributed by atoms with van der Waals surface area (Å²) in [4.78, 5) is 2.40. The Bertz CT molecular complexity index is 886. The largest absolute Gasteiger partial charge is 0.495 e. The van der Waals surface area contributed by atoms with Crippen molar-refractivity contribution >= 4 is 27.3 Å². The number of rotatable bonds is 7. The first-order chi connectivity index (χ1) is 12.4. The zero-order valence-electron chi connectivity index (χ0n) is 14.9. The van der Waals surface area contributed by atoms with Crippen molar-refractivity contribution in [1.29, 1.82) is 0 Å². The van der Waals surface area contributed by atoms with Crippen LogP contribution in [0.5, 0.6) is 5.75 Å². The normalized spacial score (nSPS) is 16.6. The number of benzene rings is 2. The number of halogens is 1. The van der Waals surface area contributed by atoms with Crippen LogP contribution in [0.25, 0.3) is 0 Å². The molecule has 5 nitrogen and oxygen atoms in total. The molecule has 1 aliphatic heterocycles.